The molecule has 0 aromatic heterocycles. The molecule has 0 saturated heterocycles. The molecule has 38 heavy (non-hydrogen) atoms. The smallest absolute Gasteiger partial charge is 0.251 e. The van der Waals surface area contributed by atoms with Gasteiger partial charge in [0.2, 0.25) is 5.91 Å². The number of carbonyl (C=O) groups excluding carboxylic acids is 2. The SMILES string of the molecule is C/C=C(\NCc1ccccc1)N[C@@H](CC(C)C)C(=O)NC(CC)C(O)C(=O)NCc1cccc(F)c1OC. The number of aliphatic hydroxyl groups is 1. The average Bonchev–Trinajstić information content (AvgIpc) is 2.91. The second-order valence-corrected chi connectivity index (χ2v) is 9.49. The molecule has 2 unspecified atom stereocenters. The number of rotatable bonds is 15. The van der Waals surface area contributed by atoms with Crippen molar-refractivity contribution in [1.82, 2.24) is 21.3 Å². The number of amides is 2. The number of carbonyl (C=O) groups is 2. The lowest BCUT2D eigenvalue weighted by Gasteiger charge is -2.28. The Morgan fingerprint density at radius 2 is 1.71 bits per heavy atom. The summed E-state index contributed by atoms with van der Waals surface area (Å²) < 4.78 is 19.0. The summed E-state index contributed by atoms with van der Waals surface area (Å²) >= 11 is 0. The monoisotopic (exact) mass is 528 g/mol. The Morgan fingerprint density at radius 1 is 1.00 bits per heavy atom. The van der Waals surface area contributed by atoms with Gasteiger partial charge in [0.1, 0.15) is 6.04 Å². The second kappa shape index (κ2) is 15.6. The Labute approximate surface area is 225 Å². The van der Waals surface area contributed by atoms with E-state index in [2.05, 4.69) is 21.3 Å². The van der Waals surface area contributed by atoms with Crippen LogP contribution in [0.5, 0.6) is 5.75 Å². The van der Waals surface area contributed by atoms with E-state index in [1.54, 1.807) is 13.0 Å². The van der Waals surface area contributed by atoms with Gasteiger partial charge in [-0.2, -0.15) is 0 Å². The maximum atomic E-state index is 13.9. The number of halogens is 1. The summed E-state index contributed by atoms with van der Waals surface area (Å²) in [5.41, 5.74) is 1.54. The topological polar surface area (TPSA) is 112 Å². The van der Waals surface area contributed by atoms with Crippen molar-refractivity contribution in [3.63, 3.8) is 0 Å². The predicted octanol–water partition coefficient (Wildman–Crippen LogP) is 3.36. The third-order valence-corrected chi connectivity index (χ3v) is 6.09. The van der Waals surface area contributed by atoms with E-state index in [0.29, 0.717) is 30.8 Å². The minimum Gasteiger partial charge on any atom is -0.493 e. The van der Waals surface area contributed by atoms with Crippen molar-refractivity contribution in [1.29, 1.82) is 0 Å². The highest BCUT2D eigenvalue weighted by molar-refractivity contribution is 5.85. The lowest BCUT2D eigenvalue weighted by atomic mass is 10.0. The molecular formula is C29H41FN4O4. The van der Waals surface area contributed by atoms with Gasteiger partial charge in [-0.15, -0.1) is 0 Å². The number of benzene rings is 2. The molecule has 208 valence electrons. The van der Waals surface area contributed by atoms with Gasteiger partial charge in [-0.1, -0.05) is 63.2 Å². The normalized spacial score (nSPS) is 13.8. The zero-order valence-corrected chi connectivity index (χ0v) is 22.9. The molecule has 0 radical (unpaired) electrons. The molecule has 3 atom stereocenters. The van der Waals surface area contributed by atoms with Gasteiger partial charge < -0.3 is 31.1 Å². The van der Waals surface area contributed by atoms with Crippen LogP contribution in [0.15, 0.2) is 60.4 Å². The standard InChI is InChI=1S/C29H41FN4O4/c1-6-23(26(35)29(37)32-18-21-14-11-15-22(30)27(21)38-5)34-28(36)24(16-19(3)4)33-25(7-2)31-17-20-12-9-8-10-13-20/h7-15,19,23-24,26,31,33,35H,6,16-18H2,1-5H3,(H,32,37)(H,34,36)/b25-7+/t23?,24-,26?/m0/s1. The highest BCUT2D eigenvalue weighted by atomic mass is 19.1. The van der Waals surface area contributed by atoms with Gasteiger partial charge in [0.25, 0.3) is 5.91 Å². The predicted molar refractivity (Wildman–Crippen MR) is 146 cm³/mol. The fraction of sp³-hybridized carbons (Fsp3) is 0.448. The van der Waals surface area contributed by atoms with Crippen LogP contribution in [0.1, 0.15) is 51.7 Å². The Kier molecular flexibility index (Phi) is 12.6. The molecule has 5 N–H and O–H groups in total. The first-order valence-electron chi connectivity index (χ1n) is 13.0. The van der Waals surface area contributed by atoms with Crippen molar-refractivity contribution in [3.8, 4) is 5.75 Å². The molecule has 0 bridgehead atoms. The van der Waals surface area contributed by atoms with E-state index in [1.165, 1.54) is 19.2 Å². The van der Waals surface area contributed by atoms with E-state index in [-0.39, 0.29) is 24.1 Å². The number of allylic oxidation sites excluding steroid dienone is 1. The zero-order valence-electron chi connectivity index (χ0n) is 22.9. The van der Waals surface area contributed by atoms with Gasteiger partial charge in [-0.3, -0.25) is 9.59 Å². The first-order chi connectivity index (χ1) is 18.2. The summed E-state index contributed by atoms with van der Waals surface area (Å²) in [6.07, 6.45) is 1.26. The van der Waals surface area contributed by atoms with E-state index < -0.39 is 29.9 Å². The van der Waals surface area contributed by atoms with Crippen molar-refractivity contribution in [2.75, 3.05) is 7.11 Å². The summed E-state index contributed by atoms with van der Waals surface area (Å²) in [6.45, 7) is 8.26. The molecule has 0 aliphatic heterocycles. The lowest BCUT2D eigenvalue weighted by molar-refractivity contribution is -0.132. The van der Waals surface area contributed by atoms with Crippen LogP contribution in [0, 0.1) is 11.7 Å². The molecule has 0 spiro atoms. The highest BCUT2D eigenvalue weighted by Gasteiger charge is 2.29. The minimum absolute atomic E-state index is 0.0313. The van der Waals surface area contributed by atoms with E-state index in [9.17, 15) is 19.1 Å². The van der Waals surface area contributed by atoms with Crippen molar-refractivity contribution in [2.24, 2.45) is 5.92 Å². The number of aliphatic hydroxyl groups excluding tert-OH is 1. The molecule has 8 nitrogen and oxygen atoms in total. The molecule has 0 aliphatic carbocycles. The molecule has 0 fully saturated rings. The summed E-state index contributed by atoms with van der Waals surface area (Å²) in [5, 5.41) is 22.7. The van der Waals surface area contributed by atoms with Crippen LogP contribution in [-0.2, 0) is 22.7 Å². The Hall–Kier alpha value is -3.59. The van der Waals surface area contributed by atoms with Gasteiger partial charge >= 0.3 is 0 Å². The highest BCUT2D eigenvalue weighted by Crippen LogP contribution is 2.22. The van der Waals surface area contributed by atoms with Crippen molar-refractivity contribution >= 4 is 11.8 Å². The summed E-state index contributed by atoms with van der Waals surface area (Å²) in [4.78, 5) is 26.0. The number of methoxy groups -OCH3 is 1. The van der Waals surface area contributed by atoms with Crippen molar-refractivity contribution < 1.29 is 23.8 Å². The fourth-order valence-corrected chi connectivity index (χ4v) is 4.00. The van der Waals surface area contributed by atoms with E-state index in [4.69, 9.17) is 4.74 Å². The van der Waals surface area contributed by atoms with Gasteiger partial charge in [0.05, 0.1) is 19.0 Å². The lowest BCUT2D eigenvalue weighted by Crippen LogP contribution is -2.55. The summed E-state index contributed by atoms with van der Waals surface area (Å²) in [7, 11) is 1.35. The number of hydrogen-bond acceptors (Lipinski definition) is 6. The van der Waals surface area contributed by atoms with Gasteiger partial charge in [-0.25, -0.2) is 4.39 Å². The fourth-order valence-electron chi connectivity index (χ4n) is 4.00. The molecular weight excluding hydrogens is 487 g/mol. The zero-order chi connectivity index (χ0) is 28.1. The Balaban J connectivity index is 2.01. The van der Waals surface area contributed by atoms with Gasteiger partial charge in [0.15, 0.2) is 17.7 Å². The molecule has 2 amide bonds. The number of hydrogen-bond donors (Lipinski definition) is 5. The third-order valence-electron chi connectivity index (χ3n) is 6.09. The van der Waals surface area contributed by atoms with E-state index in [1.807, 2.05) is 57.2 Å². The molecule has 2 aromatic carbocycles. The van der Waals surface area contributed by atoms with E-state index >= 15 is 0 Å². The van der Waals surface area contributed by atoms with E-state index in [0.717, 1.165) is 5.56 Å². The first kappa shape index (κ1) is 30.6. The van der Waals surface area contributed by atoms with Gasteiger partial charge in [0, 0.05) is 18.7 Å². The Morgan fingerprint density at radius 3 is 2.32 bits per heavy atom. The van der Waals surface area contributed by atoms with Crippen LogP contribution < -0.4 is 26.0 Å². The Bertz CT molecular complexity index is 1060. The third kappa shape index (κ3) is 9.37. The number of ether oxygens (including phenoxy) is 1. The average molecular weight is 529 g/mol. The largest absolute Gasteiger partial charge is 0.493 e. The quantitative estimate of drug-likeness (QED) is 0.242. The summed E-state index contributed by atoms with van der Waals surface area (Å²) in [5.74, 6) is -0.558. The van der Waals surface area contributed by atoms with Crippen molar-refractivity contribution in [2.45, 2.75) is 71.8 Å². The van der Waals surface area contributed by atoms with Crippen LogP contribution in [0.25, 0.3) is 0 Å². The molecule has 2 aromatic rings. The van der Waals surface area contributed by atoms with Crippen LogP contribution >= 0.6 is 0 Å². The van der Waals surface area contributed by atoms with Crippen LogP contribution in [-0.4, -0.2) is 42.2 Å². The molecule has 2 rings (SSSR count). The summed E-state index contributed by atoms with van der Waals surface area (Å²) in [6, 6.07) is 12.9. The van der Waals surface area contributed by atoms with Crippen LogP contribution in [0.4, 0.5) is 4.39 Å². The van der Waals surface area contributed by atoms with Crippen LogP contribution in [0.2, 0.25) is 0 Å². The first-order valence-corrected chi connectivity index (χ1v) is 13.0. The maximum Gasteiger partial charge on any atom is 0.251 e. The molecule has 0 saturated carbocycles. The molecule has 0 aliphatic rings. The number of para-hydroxylation sites is 1. The van der Waals surface area contributed by atoms with Crippen LogP contribution in [0.3, 0.4) is 0 Å². The molecule has 0 heterocycles. The molecule has 9 heteroatoms. The van der Waals surface area contributed by atoms with Gasteiger partial charge in [-0.05, 0) is 43.4 Å². The second-order valence-electron chi connectivity index (χ2n) is 9.49. The van der Waals surface area contributed by atoms with Crippen molar-refractivity contribution in [3.05, 3.63) is 77.4 Å². The maximum absolute atomic E-state index is 13.9. The minimum atomic E-state index is -1.49. The number of nitrogens with one attached hydrogen (secondary N) is 4.